The van der Waals surface area contributed by atoms with E-state index < -0.39 is 42.7 Å². The van der Waals surface area contributed by atoms with E-state index in [-0.39, 0.29) is 98.3 Å². The van der Waals surface area contributed by atoms with Crippen molar-refractivity contribution in [3.05, 3.63) is 23.8 Å². The molecule has 0 saturated heterocycles. The zero-order chi connectivity index (χ0) is 22.1. The van der Waals surface area contributed by atoms with Gasteiger partial charge >= 0.3 is 66.9 Å². The molecule has 0 aromatic carbocycles. The number of ketones is 2. The van der Waals surface area contributed by atoms with E-state index in [0.29, 0.717) is 6.42 Å². The molecule has 170 valence electrons. The fourth-order valence-corrected chi connectivity index (χ4v) is 7.34. The molecule has 11 heteroatoms. The number of aliphatic hydroxyl groups excluding tert-OH is 1. The van der Waals surface area contributed by atoms with Crippen LogP contribution >= 0.6 is 7.82 Å². The maximum absolute atomic E-state index is 12.8. The third-order valence-electron chi connectivity index (χ3n) is 8.47. The van der Waals surface area contributed by atoms with E-state index in [4.69, 9.17) is 9.79 Å². The third-order valence-corrected chi connectivity index (χ3v) is 8.94. The Kier molecular flexibility index (Phi) is 8.83. The topological polar surface area (TPSA) is 141 Å². The molecule has 0 bridgehead atoms. The molecular formula is C21H31Na2O8P. The summed E-state index contributed by atoms with van der Waals surface area (Å²) in [6.07, 6.45) is 6.76. The minimum absolute atomic E-state index is 0. The Balaban J connectivity index is 0.00000272. The Morgan fingerprint density at radius 3 is 2.56 bits per heavy atom. The normalized spacial score (nSPS) is 42.6. The minimum Gasteiger partial charge on any atom is -1.00 e. The number of carbonyl (C=O) groups is 2. The molecule has 0 aromatic heterocycles. The number of hydrogen-bond donors (Lipinski definition) is 4. The number of rotatable bonds is 4. The Morgan fingerprint density at radius 2 is 1.94 bits per heavy atom. The Bertz CT molecular complexity index is 911. The summed E-state index contributed by atoms with van der Waals surface area (Å²) in [7, 11) is -4.84. The number of phosphoric ester groups is 1. The van der Waals surface area contributed by atoms with Gasteiger partial charge in [-0.25, -0.2) is 4.57 Å². The van der Waals surface area contributed by atoms with Crippen LogP contribution in [0.4, 0.5) is 0 Å². The summed E-state index contributed by atoms with van der Waals surface area (Å²) < 4.78 is 15.4. The van der Waals surface area contributed by atoms with Gasteiger partial charge in [0.25, 0.3) is 0 Å². The van der Waals surface area contributed by atoms with Gasteiger partial charge in [-0.3, -0.25) is 14.1 Å². The van der Waals surface area contributed by atoms with Gasteiger partial charge in [0.1, 0.15) is 12.2 Å². The van der Waals surface area contributed by atoms with Gasteiger partial charge in [-0.15, -0.1) is 0 Å². The van der Waals surface area contributed by atoms with Gasteiger partial charge in [0.05, 0.1) is 6.10 Å². The van der Waals surface area contributed by atoms with Crippen LogP contribution in [0.2, 0.25) is 0 Å². The number of aliphatic hydroxyl groups is 2. The van der Waals surface area contributed by atoms with E-state index in [1.54, 1.807) is 19.1 Å². The first-order chi connectivity index (χ1) is 13.8. The van der Waals surface area contributed by atoms with E-state index in [2.05, 4.69) is 4.52 Å². The number of carbonyl (C=O) groups excluding carboxylic acids is 2. The molecule has 4 aliphatic rings. The first kappa shape index (κ1) is 29.1. The van der Waals surface area contributed by atoms with Crippen molar-refractivity contribution >= 4 is 19.4 Å². The largest absolute Gasteiger partial charge is 1.00 e. The number of Topliss-reactive ketones (excluding diaryl/α,β-unsaturated/α-hetero) is 1. The molecule has 7 atom stereocenters. The number of fused-ring (bicyclic) bond motifs is 5. The molecular weight excluding hydrogens is 457 g/mol. The zero-order valence-electron chi connectivity index (χ0n) is 21.2. The molecule has 1 unspecified atom stereocenters. The van der Waals surface area contributed by atoms with E-state index in [1.165, 1.54) is 0 Å². The number of hydrogen-bond acceptors (Lipinski definition) is 6. The molecule has 0 aromatic rings. The predicted octanol–water partition coefficient (Wildman–Crippen LogP) is -4.09. The zero-order valence-corrected chi connectivity index (χ0v) is 24.0. The third kappa shape index (κ3) is 4.54. The standard InChI is InChI=1S/C21H29O8P.2Na.2H/c1-19-7-5-13(22)9-12(19)3-4-14-15-6-8-21(25,17(24)11-29-30(26,27)28)20(15,2)10-16(23)18(14)19;;;;/h5,7,9,14-16,18,23,25H,3-4,6,8,10-11H2,1-2H3,(H2,26,27,28);;;;/q;2*+1;2*-1/t14-,15-,16?,18+,19-,20-,21-;;;;/m0..../s1. The molecule has 0 spiro atoms. The maximum atomic E-state index is 12.8. The first-order valence-electron chi connectivity index (χ1n) is 10.4. The van der Waals surface area contributed by atoms with Crippen LogP contribution in [0, 0.1) is 28.6 Å². The summed E-state index contributed by atoms with van der Waals surface area (Å²) in [6.45, 7) is 2.97. The summed E-state index contributed by atoms with van der Waals surface area (Å²) >= 11 is 0. The maximum Gasteiger partial charge on any atom is 1.00 e. The second kappa shape index (κ2) is 9.72. The number of allylic oxidation sites excluding steroid dienone is 4. The van der Waals surface area contributed by atoms with Crippen molar-refractivity contribution in [1.82, 2.24) is 0 Å². The average Bonchev–Trinajstić information content (AvgIpc) is 2.91. The molecule has 32 heavy (non-hydrogen) atoms. The molecule has 0 amide bonds. The van der Waals surface area contributed by atoms with Gasteiger partial charge in [-0.1, -0.05) is 25.5 Å². The van der Waals surface area contributed by atoms with Crippen LogP contribution in [0.25, 0.3) is 0 Å². The molecule has 4 rings (SSSR count). The van der Waals surface area contributed by atoms with Crippen molar-refractivity contribution in [3.8, 4) is 0 Å². The van der Waals surface area contributed by atoms with Gasteiger partial charge in [-0.2, -0.15) is 0 Å². The molecule has 0 heterocycles. The second-order valence-electron chi connectivity index (χ2n) is 9.80. The van der Waals surface area contributed by atoms with Crippen LogP contribution in [0.1, 0.15) is 48.8 Å². The van der Waals surface area contributed by atoms with Crippen LogP contribution in [0.15, 0.2) is 23.8 Å². The summed E-state index contributed by atoms with van der Waals surface area (Å²) in [5.41, 5.74) is -2.15. The van der Waals surface area contributed by atoms with E-state index >= 15 is 0 Å². The summed E-state index contributed by atoms with van der Waals surface area (Å²) in [5, 5.41) is 22.6. The fraction of sp³-hybridized carbons (Fsp3) is 0.714. The van der Waals surface area contributed by atoms with Crippen molar-refractivity contribution in [2.75, 3.05) is 6.61 Å². The minimum atomic E-state index is -4.84. The molecule has 3 fully saturated rings. The molecule has 0 radical (unpaired) electrons. The van der Waals surface area contributed by atoms with Crippen LogP contribution in [-0.2, 0) is 18.7 Å². The van der Waals surface area contributed by atoms with Gasteiger partial charge < -0.3 is 22.9 Å². The first-order valence-corrected chi connectivity index (χ1v) is 11.9. The van der Waals surface area contributed by atoms with Crippen LogP contribution in [0.3, 0.4) is 0 Å². The van der Waals surface area contributed by atoms with Crippen LogP contribution in [0.5, 0.6) is 0 Å². The molecule has 3 saturated carbocycles. The van der Waals surface area contributed by atoms with Crippen LogP contribution < -0.4 is 59.1 Å². The Morgan fingerprint density at radius 1 is 1.28 bits per heavy atom. The van der Waals surface area contributed by atoms with E-state index in [0.717, 1.165) is 18.4 Å². The van der Waals surface area contributed by atoms with Crippen molar-refractivity contribution in [1.29, 1.82) is 0 Å². The molecule has 4 aliphatic carbocycles. The van der Waals surface area contributed by atoms with Gasteiger partial charge in [0, 0.05) is 16.7 Å². The van der Waals surface area contributed by atoms with Gasteiger partial charge in [0.2, 0.25) is 0 Å². The second-order valence-corrected chi connectivity index (χ2v) is 11.0. The Labute approximate surface area is 235 Å². The Hall–Kier alpha value is 0.850. The van der Waals surface area contributed by atoms with E-state index in [9.17, 15) is 24.4 Å². The summed E-state index contributed by atoms with van der Waals surface area (Å²) in [5.74, 6) is -0.888. The fourth-order valence-electron chi connectivity index (χ4n) is 7.05. The average molecular weight is 488 g/mol. The smallest absolute Gasteiger partial charge is 1.00 e. The molecule has 4 N–H and O–H groups in total. The number of phosphoric acid groups is 1. The molecule has 0 aliphatic heterocycles. The van der Waals surface area contributed by atoms with E-state index in [1.807, 2.05) is 13.0 Å². The quantitative estimate of drug-likeness (QED) is 0.231. The van der Waals surface area contributed by atoms with Gasteiger partial charge in [-0.05, 0) is 56.1 Å². The predicted molar refractivity (Wildman–Crippen MR) is 108 cm³/mol. The van der Waals surface area contributed by atoms with Crippen LogP contribution in [-0.4, -0.2) is 49.9 Å². The summed E-state index contributed by atoms with van der Waals surface area (Å²) in [6, 6.07) is 0. The summed E-state index contributed by atoms with van der Waals surface area (Å²) in [4.78, 5) is 42.5. The molecule has 8 nitrogen and oxygen atoms in total. The van der Waals surface area contributed by atoms with Crippen molar-refractivity contribution in [3.63, 3.8) is 0 Å². The monoisotopic (exact) mass is 488 g/mol. The SMILES string of the molecule is C[C@]12C=CC(=O)C=C1CC[C@@H]1[C@@H]2C(O)C[C@@]2(C)[C@H]1CC[C@]2(O)C(=O)COP(=O)(O)O.[H-].[H-].[Na+].[Na+]. The van der Waals surface area contributed by atoms with Gasteiger partial charge in [0.15, 0.2) is 11.6 Å². The van der Waals surface area contributed by atoms with Crippen molar-refractivity contribution in [2.24, 2.45) is 28.6 Å². The van der Waals surface area contributed by atoms with Crippen molar-refractivity contribution < 1.29 is 101 Å². The van der Waals surface area contributed by atoms with Crippen molar-refractivity contribution in [2.45, 2.75) is 57.7 Å².